The van der Waals surface area contributed by atoms with Crippen molar-refractivity contribution in [2.24, 2.45) is 4.99 Å². The molecule has 0 aromatic heterocycles. The highest BCUT2D eigenvalue weighted by molar-refractivity contribution is 5.94. The molecule has 0 spiro atoms. The van der Waals surface area contributed by atoms with Gasteiger partial charge in [-0.25, -0.2) is 0 Å². The van der Waals surface area contributed by atoms with Crippen LogP contribution >= 0.6 is 0 Å². The number of amides is 1. The average Bonchev–Trinajstić information content (AvgIpc) is 2.47. The first-order chi connectivity index (χ1) is 9.02. The first-order valence-corrected chi connectivity index (χ1v) is 6.22. The van der Waals surface area contributed by atoms with Crippen LogP contribution in [-0.2, 0) is 0 Å². The number of hydrogen-bond acceptors (Lipinski definition) is 2. The normalized spacial score (nSPS) is 12.8. The summed E-state index contributed by atoms with van der Waals surface area (Å²) in [5.74, 6) is 0.728. The van der Waals surface area contributed by atoms with E-state index in [4.69, 9.17) is 0 Å². The molecule has 19 heavy (non-hydrogen) atoms. The molecule has 1 atom stereocenters. The number of hydrogen-bond donors (Lipinski definition) is 1. The highest BCUT2D eigenvalue weighted by Gasteiger charge is 2.22. The third-order valence-corrected chi connectivity index (χ3v) is 3.23. The highest BCUT2D eigenvalue weighted by atomic mass is 16.2. The Morgan fingerprint density at radius 2 is 1.79 bits per heavy atom. The van der Waals surface area contributed by atoms with Crippen molar-refractivity contribution in [1.82, 2.24) is 15.1 Å². The maximum absolute atomic E-state index is 12.3. The molecule has 5 nitrogen and oxygen atoms in total. The van der Waals surface area contributed by atoms with Gasteiger partial charge in [0.2, 0.25) is 0 Å². The molecule has 104 valence electrons. The van der Waals surface area contributed by atoms with Crippen molar-refractivity contribution in [2.45, 2.75) is 13.1 Å². The van der Waals surface area contributed by atoms with Gasteiger partial charge in [0.1, 0.15) is 6.17 Å². The van der Waals surface area contributed by atoms with E-state index in [1.807, 2.05) is 56.3 Å². The van der Waals surface area contributed by atoms with Gasteiger partial charge in [0.05, 0.1) is 0 Å². The third-order valence-electron chi connectivity index (χ3n) is 3.23. The van der Waals surface area contributed by atoms with Crippen LogP contribution in [0.4, 0.5) is 0 Å². The Morgan fingerprint density at radius 1 is 1.21 bits per heavy atom. The molecule has 1 aromatic rings. The zero-order valence-corrected chi connectivity index (χ0v) is 12.2. The van der Waals surface area contributed by atoms with Gasteiger partial charge in [0, 0.05) is 33.8 Å². The van der Waals surface area contributed by atoms with Gasteiger partial charge in [-0.3, -0.25) is 9.79 Å². The third kappa shape index (κ3) is 3.47. The summed E-state index contributed by atoms with van der Waals surface area (Å²) in [5.41, 5.74) is 0.685. The molecule has 0 saturated carbocycles. The zero-order valence-electron chi connectivity index (χ0n) is 12.2. The van der Waals surface area contributed by atoms with Crippen molar-refractivity contribution in [2.75, 3.05) is 28.2 Å². The minimum Gasteiger partial charge on any atom is -0.359 e. The summed E-state index contributed by atoms with van der Waals surface area (Å²) in [5, 5.41) is 3.00. The molecule has 0 aliphatic heterocycles. The predicted molar refractivity (Wildman–Crippen MR) is 78.2 cm³/mol. The Bertz CT molecular complexity index is 444. The molecule has 1 N–H and O–H groups in total. The topological polar surface area (TPSA) is 47.9 Å². The molecule has 0 aliphatic carbocycles. The van der Waals surface area contributed by atoms with Crippen LogP contribution in [0, 0.1) is 0 Å². The number of rotatable bonds is 3. The van der Waals surface area contributed by atoms with E-state index < -0.39 is 0 Å². The minimum absolute atomic E-state index is 0.00786. The second-order valence-corrected chi connectivity index (χ2v) is 4.32. The van der Waals surface area contributed by atoms with Crippen molar-refractivity contribution in [3.63, 3.8) is 0 Å². The van der Waals surface area contributed by atoms with E-state index in [-0.39, 0.29) is 12.1 Å². The molecular formula is C14H22N4O. The van der Waals surface area contributed by atoms with E-state index in [0.29, 0.717) is 5.56 Å². The van der Waals surface area contributed by atoms with Crippen LogP contribution in [0.2, 0.25) is 0 Å². The molecule has 1 amide bonds. The molecule has 0 radical (unpaired) electrons. The van der Waals surface area contributed by atoms with E-state index in [1.165, 1.54) is 0 Å². The van der Waals surface area contributed by atoms with Crippen molar-refractivity contribution in [1.29, 1.82) is 0 Å². The monoisotopic (exact) mass is 262 g/mol. The van der Waals surface area contributed by atoms with E-state index in [1.54, 1.807) is 19.0 Å². The average molecular weight is 262 g/mol. The van der Waals surface area contributed by atoms with Crippen LogP contribution < -0.4 is 5.32 Å². The van der Waals surface area contributed by atoms with Crippen molar-refractivity contribution >= 4 is 11.9 Å². The maximum atomic E-state index is 12.3. The van der Waals surface area contributed by atoms with Gasteiger partial charge in [0.25, 0.3) is 5.91 Å². The summed E-state index contributed by atoms with van der Waals surface area (Å²) in [6.45, 7) is 1.96. The largest absolute Gasteiger partial charge is 0.359 e. The van der Waals surface area contributed by atoms with E-state index in [0.717, 1.165) is 5.96 Å². The number of nitrogens with one attached hydrogen (secondary N) is 1. The lowest BCUT2D eigenvalue weighted by Crippen LogP contribution is -2.51. The Morgan fingerprint density at radius 3 is 2.26 bits per heavy atom. The van der Waals surface area contributed by atoms with Gasteiger partial charge in [0.15, 0.2) is 5.96 Å². The second kappa shape index (κ2) is 6.78. The number of benzene rings is 1. The summed E-state index contributed by atoms with van der Waals surface area (Å²) >= 11 is 0. The maximum Gasteiger partial charge on any atom is 0.255 e. The summed E-state index contributed by atoms with van der Waals surface area (Å²) in [6, 6.07) is 9.26. The highest BCUT2D eigenvalue weighted by Crippen LogP contribution is 2.08. The molecule has 1 unspecified atom stereocenters. The Kier molecular flexibility index (Phi) is 5.36. The first-order valence-electron chi connectivity index (χ1n) is 6.22. The van der Waals surface area contributed by atoms with Gasteiger partial charge in [-0.15, -0.1) is 0 Å². The van der Waals surface area contributed by atoms with Crippen LogP contribution in [-0.4, -0.2) is 56.0 Å². The number of carbonyl (C=O) groups is 1. The lowest BCUT2D eigenvalue weighted by atomic mass is 10.2. The molecule has 0 saturated heterocycles. The van der Waals surface area contributed by atoms with Crippen molar-refractivity contribution in [3.8, 4) is 0 Å². The van der Waals surface area contributed by atoms with Gasteiger partial charge in [-0.1, -0.05) is 18.2 Å². The lowest BCUT2D eigenvalue weighted by molar-refractivity contribution is 0.0638. The molecule has 5 heteroatoms. The minimum atomic E-state index is -0.0983. The van der Waals surface area contributed by atoms with Crippen molar-refractivity contribution in [3.05, 3.63) is 35.9 Å². The Hall–Kier alpha value is -2.04. The summed E-state index contributed by atoms with van der Waals surface area (Å²) in [7, 11) is 7.22. The fraction of sp³-hybridized carbons (Fsp3) is 0.429. The molecule has 0 aliphatic rings. The van der Waals surface area contributed by atoms with Crippen molar-refractivity contribution < 1.29 is 4.79 Å². The SMILES string of the molecule is CN=C(NC)N(C)C(C)N(C)C(=O)c1ccccc1. The van der Waals surface area contributed by atoms with Gasteiger partial charge in [-0.05, 0) is 19.1 Å². The Balaban J connectivity index is 2.83. The fourth-order valence-electron chi connectivity index (χ4n) is 1.84. The molecule has 0 bridgehead atoms. The van der Waals surface area contributed by atoms with E-state index in [2.05, 4.69) is 10.3 Å². The number of aliphatic imine (C=N–C) groups is 1. The van der Waals surface area contributed by atoms with E-state index in [9.17, 15) is 4.79 Å². The molecule has 0 heterocycles. The first kappa shape index (κ1) is 15.0. The fourth-order valence-corrected chi connectivity index (χ4v) is 1.84. The predicted octanol–water partition coefficient (Wildman–Crippen LogP) is 1.24. The van der Waals surface area contributed by atoms with Crippen LogP contribution in [0.25, 0.3) is 0 Å². The summed E-state index contributed by atoms with van der Waals surface area (Å²) in [6.07, 6.45) is -0.0983. The van der Waals surface area contributed by atoms with Crippen LogP contribution in [0.1, 0.15) is 17.3 Å². The van der Waals surface area contributed by atoms with Crippen LogP contribution in [0.5, 0.6) is 0 Å². The zero-order chi connectivity index (χ0) is 14.4. The van der Waals surface area contributed by atoms with Crippen LogP contribution in [0.15, 0.2) is 35.3 Å². The summed E-state index contributed by atoms with van der Waals surface area (Å²) < 4.78 is 0. The van der Waals surface area contributed by atoms with E-state index >= 15 is 0 Å². The number of carbonyl (C=O) groups excluding carboxylic acids is 1. The Labute approximate surface area is 114 Å². The molecule has 0 fully saturated rings. The van der Waals surface area contributed by atoms with Gasteiger partial charge in [-0.2, -0.15) is 0 Å². The smallest absolute Gasteiger partial charge is 0.255 e. The number of nitrogens with zero attached hydrogens (tertiary/aromatic N) is 3. The second-order valence-electron chi connectivity index (χ2n) is 4.32. The molecule has 1 aromatic carbocycles. The quantitative estimate of drug-likeness (QED) is 0.506. The number of guanidine groups is 1. The standard InChI is InChI=1S/C14H22N4O/c1-11(18(5)14(15-2)16-3)17(4)13(19)12-9-7-6-8-10-12/h6-11H,1-5H3,(H,15,16). The molecular weight excluding hydrogens is 240 g/mol. The molecule has 1 rings (SSSR count). The van der Waals surface area contributed by atoms with Gasteiger partial charge < -0.3 is 15.1 Å². The summed E-state index contributed by atoms with van der Waals surface area (Å²) in [4.78, 5) is 20.1. The van der Waals surface area contributed by atoms with Gasteiger partial charge >= 0.3 is 0 Å². The lowest BCUT2D eigenvalue weighted by Gasteiger charge is -2.34. The van der Waals surface area contributed by atoms with Crippen LogP contribution in [0.3, 0.4) is 0 Å².